The molecule has 1 heterocycles. The van der Waals surface area contributed by atoms with Crippen LogP contribution in [0.15, 0.2) is 0 Å². The van der Waals surface area contributed by atoms with Gasteiger partial charge in [0.2, 0.25) is 5.60 Å². The summed E-state index contributed by atoms with van der Waals surface area (Å²) in [6.45, 7) is 5.04. The number of rotatable bonds is 4. The minimum atomic E-state index is -1.94. The van der Waals surface area contributed by atoms with E-state index in [2.05, 4.69) is 0 Å². The first-order valence-corrected chi connectivity index (χ1v) is 5.91. The third-order valence-corrected chi connectivity index (χ3v) is 3.81. The van der Waals surface area contributed by atoms with Crippen molar-refractivity contribution < 1.29 is 23.9 Å². The van der Waals surface area contributed by atoms with Crippen molar-refractivity contribution in [2.75, 3.05) is 6.61 Å². The molecular formula is C13H18O5. The van der Waals surface area contributed by atoms with Crippen molar-refractivity contribution in [1.29, 1.82) is 0 Å². The van der Waals surface area contributed by atoms with Crippen molar-refractivity contribution in [2.45, 2.75) is 46.1 Å². The summed E-state index contributed by atoms with van der Waals surface area (Å²) >= 11 is 0. The van der Waals surface area contributed by atoms with E-state index < -0.39 is 34.1 Å². The second-order valence-electron chi connectivity index (χ2n) is 4.76. The second kappa shape index (κ2) is 4.72. The summed E-state index contributed by atoms with van der Waals surface area (Å²) in [5.74, 6) is -2.14. The molecule has 18 heavy (non-hydrogen) atoms. The lowest BCUT2D eigenvalue weighted by atomic mass is 9.59. The van der Waals surface area contributed by atoms with Crippen molar-refractivity contribution in [3.63, 3.8) is 0 Å². The lowest BCUT2D eigenvalue weighted by Gasteiger charge is -2.47. The molecule has 0 aromatic carbocycles. The molecule has 0 N–H and O–H groups in total. The molecule has 0 spiro atoms. The first-order chi connectivity index (χ1) is 8.23. The van der Waals surface area contributed by atoms with Gasteiger partial charge in [-0.15, -0.1) is 0 Å². The number of carbonyl (C=O) groups excluding carboxylic acids is 4. The van der Waals surface area contributed by atoms with Crippen molar-refractivity contribution in [2.24, 2.45) is 5.41 Å². The molecule has 5 heteroatoms. The summed E-state index contributed by atoms with van der Waals surface area (Å²) < 4.78 is 5.39. The highest BCUT2D eigenvalue weighted by molar-refractivity contribution is 6.21. The van der Waals surface area contributed by atoms with E-state index in [-0.39, 0.29) is 13.0 Å². The van der Waals surface area contributed by atoms with E-state index in [1.54, 1.807) is 0 Å². The molecule has 5 nitrogen and oxygen atoms in total. The summed E-state index contributed by atoms with van der Waals surface area (Å²) in [7, 11) is 0. The molecule has 0 bridgehead atoms. The third kappa shape index (κ3) is 1.65. The smallest absolute Gasteiger partial charge is 0.203 e. The highest BCUT2D eigenvalue weighted by atomic mass is 16.5. The van der Waals surface area contributed by atoms with E-state index in [1.165, 1.54) is 27.7 Å². The average Bonchev–Trinajstić information content (AvgIpc) is 2.27. The van der Waals surface area contributed by atoms with Crippen LogP contribution in [0.25, 0.3) is 0 Å². The quantitative estimate of drug-likeness (QED) is 0.696. The highest BCUT2D eigenvalue weighted by Crippen LogP contribution is 2.45. The largest absolute Gasteiger partial charge is 0.358 e. The molecule has 0 atom stereocenters. The summed E-state index contributed by atoms with van der Waals surface area (Å²) in [6.07, 6.45) is 0.651. The maximum absolute atomic E-state index is 12.0. The lowest BCUT2D eigenvalue weighted by molar-refractivity contribution is -0.193. The SMILES string of the molecule is CC(=O)C1(C(C)=O)CCCOC1(C(C)=O)C(C)=O. The maximum Gasteiger partial charge on any atom is 0.203 e. The first-order valence-electron chi connectivity index (χ1n) is 5.91. The third-order valence-electron chi connectivity index (χ3n) is 3.81. The van der Waals surface area contributed by atoms with Crippen molar-refractivity contribution in [1.82, 2.24) is 0 Å². The predicted molar refractivity (Wildman–Crippen MR) is 63.1 cm³/mol. The van der Waals surface area contributed by atoms with Crippen LogP contribution in [0.1, 0.15) is 40.5 Å². The minimum Gasteiger partial charge on any atom is -0.358 e. The van der Waals surface area contributed by atoms with Gasteiger partial charge < -0.3 is 4.74 Å². The average molecular weight is 254 g/mol. The Balaban J connectivity index is 3.61. The maximum atomic E-state index is 12.0. The van der Waals surface area contributed by atoms with E-state index in [4.69, 9.17) is 4.74 Å². The molecule has 0 saturated carbocycles. The van der Waals surface area contributed by atoms with Crippen LogP contribution in [0.2, 0.25) is 0 Å². The molecule has 1 aliphatic rings. The van der Waals surface area contributed by atoms with Crippen molar-refractivity contribution in [3.8, 4) is 0 Å². The molecule has 1 saturated heterocycles. The van der Waals surface area contributed by atoms with E-state index in [9.17, 15) is 19.2 Å². The molecule has 1 aliphatic heterocycles. The molecule has 0 radical (unpaired) electrons. The Bertz CT molecular complexity index is 353. The summed E-state index contributed by atoms with van der Waals surface area (Å²) in [5, 5.41) is 0. The lowest BCUT2D eigenvalue weighted by Crippen LogP contribution is -2.67. The number of Topliss-reactive ketones (excluding diaryl/α,β-unsaturated/α-hetero) is 4. The Kier molecular flexibility index (Phi) is 3.86. The van der Waals surface area contributed by atoms with Crippen LogP contribution in [-0.4, -0.2) is 35.3 Å². The zero-order valence-corrected chi connectivity index (χ0v) is 11.2. The number of hydrogen-bond acceptors (Lipinski definition) is 5. The molecule has 100 valence electrons. The van der Waals surface area contributed by atoms with Crippen molar-refractivity contribution >= 4 is 23.1 Å². The zero-order chi connectivity index (χ0) is 14.1. The number of ether oxygens (including phenoxy) is 1. The standard InChI is InChI=1S/C13H18O5/c1-8(14)12(9(2)15)6-5-7-18-13(12,10(3)16)11(4)17/h5-7H2,1-4H3. The van der Waals surface area contributed by atoms with Gasteiger partial charge in [-0.05, 0) is 40.5 Å². The fourth-order valence-electron chi connectivity index (χ4n) is 3.01. The molecule has 1 rings (SSSR count). The van der Waals surface area contributed by atoms with E-state index in [0.717, 1.165) is 0 Å². The van der Waals surface area contributed by atoms with Gasteiger partial charge in [0.25, 0.3) is 0 Å². The Morgan fingerprint density at radius 2 is 1.28 bits per heavy atom. The number of ketones is 4. The Morgan fingerprint density at radius 1 is 0.833 bits per heavy atom. The normalized spacial score (nSPS) is 21.1. The van der Waals surface area contributed by atoms with Gasteiger partial charge in [-0.1, -0.05) is 0 Å². The minimum absolute atomic E-state index is 0.177. The van der Waals surface area contributed by atoms with Crippen LogP contribution < -0.4 is 0 Å². The first kappa shape index (κ1) is 14.7. The number of carbonyl (C=O) groups is 4. The second-order valence-corrected chi connectivity index (χ2v) is 4.76. The van der Waals surface area contributed by atoms with Crippen LogP contribution in [-0.2, 0) is 23.9 Å². The van der Waals surface area contributed by atoms with Gasteiger partial charge in [0.05, 0.1) is 0 Å². The van der Waals surface area contributed by atoms with Gasteiger partial charge >= 0.3 is 0 Å². The fourth-order valence-corrected chi connectivity index (χ4v) is 3.01. The van der Waals surface area contributed by atoms with E-state index >= 15 is 0 Å². The molecule has 0 aliphatic carbocycles. The summed E-state index contributed by atoms with van der Waals surface area (Å²) in [4.78, 5) is 47.8. The molecule has 1 fully saturated rings. The zero-order valence-electron chi connectivity index (χ0n) is 11.2. The molecule has 0 amide bonds. The van der Waals surface area contributed by atoms with Gasteiger partial charge in [0.1, 0.15) is 17.0 Å². The molecule has 0 aromatic rings. The Hall–Kier alpha value is -1.36. The van der Waals surface area contributed by atoms with Crippen LogP contribution in [0.5, 0.6) is 0 Å². The molecule has 0 aromatic heterocycles. The number of hydrogen-bond donors (Lipinski definition) is 0. The fraction of sp³-hybridized carbons (Fsp3) is 0.692. The summed E-state index contributed by atoms with van der Waals surface area (Å²) in [6, 6.07) is 0. The topological polar surface area (TPSA) is 77.5 Å². The summed E-state index contributed by atoms with van der Waals surface area (Å²) in [5.41, 5.74) is -3.61. The van der Waals surface area contributed by atoms with Crippen LogP contribution in [0, 0.1) is 5.41 Å². The monoisotopic (exact) mass is 254 g/mol. The Morgan fingerprint density at radius 3 is 1.56 bits per heavy atom. The van der Waals surface area contributed by atoms with Gasteiger partial charge in [-0.25, -0.2) is 0 Å². The van der Waals surface area contributed by atoms with Gasteiger partial charge in [0, 0.05) is 6.61 Å². The van der Waals surface area contributed by atoms with Gasteiger partial charge in [-0.2, -0.15) is 0 Å². The van der Waals surface area contributed by atoms with E-state index in [1.807, 2.05) is 0 Å². The molecular weight excluding hydrogens is 236 g/mol. The van der Waals surface area contributed by atoms with Crippen molar-refractivity contribution in [3.05, 3.63) is 0 Å². The van der Waals surface area contributed by atoms with Crippen LogP contribution >= 0.6 is 0 Å². The van der Waals surface area contributed by atoms with Gasteiger partial charge in [-0.3, -0.25) is 19.2 Å². The molecule has 0 unspecified atom stereocenters. The predicted octanol–water partition coefficient (Wildman–Crippen LogP) is 0.878. The Labute approximate surface area is 106 Å². The highest BCUT2D eigenvalue weighted by Gasteiger charge is 2.66. The van der Waals surface area contributed by atoms with E-state index in [0.29, 0.717) is 6.42 Å². The van der Waals surface area contributed by atoms with Gasteiger partial charge in [0.15, 0.2) is 11.6 Å². The van der Waals surface area contributed by atoms with Crippen LogP contribution in [0.3, 0.4) is 0 Å². The van der Waals surface area contributed by atoms with Crippen LogP contribution in [0.4, 0.5) is 0 Å².